The van der Waals surface area contributed by atoms with Gasteiger partial charge in [0.1, 0.15) is 16.8 Å². The number of rotatable bonds is 4. The number of anilines is 1. The molecule has 0 saturated heterocycles. The van der Waals surface area contributed by atoms with Gasteiger partial charge in [0.2, 0.25) is 0 Å². The minimum atomic E-state index is -0.375. The Morgan fingerprint density at radius 2 is 2.20 bits per heavy atom. The van der Waals surface area contributed by atoms with E-state index in [1.54, 1.807) is 23.6 Å². The van der Waals surface area contributed by atoms with Gasteiger partial charge in [0, 0.05) is 11.1 Å². The number of carbonyl (C=O) groups is 1. The Balaban J connectivity index is 1.96. The van der Waals surface area contributed by atoms with Crippen molar-refractivity contribution in [2.24, 2.45) is 0 Å². The van der Waals surface area contributed by atoms with Gasteiger partial charge in [0.15, 0.2) is 6.61 Å². The van der Waals surface area contributed by atoms with Crippen LogP contribution in [0.1, 0.15) is 5.56 Å². The lowest BCUT2D eigenvalue weighted by Gasteiger charge is -2.08. The fourth-order valence-electron chi connectivity index (χ4n) is 1.39. The van der Waals surface area contributed by atoms with Crippen LogP contribution in [0.15, 0.2) is 29.6 Å². The van der Waals surface area contributed by atoms with E-state index in [9.17, 15) is 4.79 Å². The van der Waals surface area contributed by atoms with Gasteiger partial charge in [-0.15, -0.1) is 11.3 Å². The van der Waals surface area contributed by atoms with Crippen LogP contribution in [0.4, 0.5) is 5.00 Å². The largest absolute Gasteiger partial charge is 0.482 e. The highest BCUT2D eigenvalue weighted by molar-refractivity contribution is 7.14. The molecule has 1 aromatic carbocycles. The normalized spacial score (nSPS) is 9.85. The highest BCUT2D eigenvalue weighted by Crippen LogP contribution is 2.28. The smallest absolute Gasteiger partial charge is 0.262 e. The molecule has 0 saturated carbocycles. The fraction of sp³-hybridized carbons (Fsp3) is 0.0769. The number of carbonyl (C=O) groups excluding carboxylic acids is 1. The number of thiophene rings is 1. The molecule has 1 amide bonds. The summed E-state index contributed by atoms with van der Waals surface area (Å²) in [6.45, 7) is -0.219. The molecule has 0 aliphatic rings. The van der Waals surface area contributed by atoms with Crippen molar-refractivity contribution in [1.82, 2.24) is 0 Å². The monoisotopic (exact) mass is 326 g/mol. The average Bonchev–Trinajstić information content (AvgIpc) is 2.87. The minimum absolute atomic E-state index is 0.219. The molecule has 2 rings (SSSR count). The average molecular weight is 327 g/mol. The molecule has 0 fully saturated rings. The molecular formula is C13H8Cl2N2O2S. The second-order valence-electron chi connectivity index (χ2n) is 3.69. The number of halogens is 2. The molecule has 2 aromatic rings. The number of nitrogens with zero attached hydrogens (tertiary/aromatic N) is 1. The van der Waals surface area contributed by atoms with Crippen molar-refractivity contribution in [2.75, 3.05) is 11.9 Å². The molecule has 0 bridgehead atoms. The number of nitriles is 1. The Hall–Kier alpha value is -1.74. The number of nitrogens with one attached hydrogen (secondary N) is 1. The van der Waals surface area contributed by atoms with E-state index in [4.69, 9.17) is 33.2 Å². The predicted octanol–water partition coefficient (Wildman–Crippen LogP) is 3.94. The number of amides is 1. The van der Waals surface area contributed by atoms with E-state index in [-0.39, 0.29) is 12.5 Å². The number of ether oxygens (including phenoxy) is 1. The molecule has 0 aliphatic heterocycles. The topological polar surface area (TPSA) is 62.1 Å². The molecule has 20 heavy (non-hydrogen) atoms. The highest BCUT2D eigenvalue weighted by atomic mass is 35.5. The van der Waals surface area contributed by atoms with Crippen molar-refractivity contribution in [2.45, 2.75) is 0 Å². The fourth-order valence-corrected chi connectivity index (χ4v) is 2.48. The third-order valence-electron chi connectivity index (χ3n) is 2.29. The van der Waals surface area contributed by atoms with Gasteiger partial charge in [-0.2, -0.15) is 5.26 Å². The standard InChI is InChI=1S/C13H8Cl2N2O2S/c14-9-1-2-10(15)11(5-9)19-7-12(18)17-13-8(6-16)3-4-20-13/h1-5H,7H2,(H,17,18). The van der Waals surface area contributed by atoms with Crippen molar-refractivity contribution in [1.29, 1.82) is 5.26 Å². The van der Waals surface area contributed by atoms with Crippen LogP contribution in [-0.4, -0.2) is 12.5 Å². The third-order valence-corrected chi connectivity index (χ3v) is 3.67. The van der Waals surface area contributed by atoms with E-state index in [1.807, 2.05) is 6.07 Å². The summed E-state index contributed by atoms with van der Waals surface area (Å²) in [5.74, 6) is -0.0407. The first-order valence-electron chi connectivity index (χ1n) is 5.45. The van der Waals surface area contributed by atoms with Gasteiger partial charge < -0.3 is 10.1 Å². The molecule has 7 heteroatoms. The summed E-state index contributed by atoms with van der Waals surface area (Å²) in [6, 6.07) is 8.37. The molecule has 4 nitrogen and oxygen atoms in total. The zero-order valence-electron chi connectivity index (χ0n) is 10.0. The van der Waals surface area contributed by atoms with Crippen molar-refractivity contribution in [3.63, 3.8) is 0 Å². The van der Waals surface area contributed by atoms with E-state index in [1.165, 1.54) is 17.4 Å². The zero-order valence-corrected chi connectivity index (χ0v) is 12.4. The van der Waals surface area contributed by atoms with E-state index >= 15 is 0 Å². The summed E-state index contributed by atoms with van der Waals surface area (Å²) in [7, 11) is 0. The van der Waals surface area contributed by atoms with Gasteiger partial charge in [0.25, 0.3) is 5.91 Å². The maximum atomic E-state index is 11.7. The van der Waals surface area contributed by atoms with Gasteiger partial charge in [0.05, 0.1) is 10.6 Å². The second-order valence-corrected chi connectivity index (χ2v) is 5.45. The van der Waals surface area contributed by atoms with Crippen LogP contribution < -0.4 is 10.1 Å². The van der Waals surface area contributed by atoms with Crippen LogP contribution in [0, 0.1) is 11.3 Å². The molecule has 0 unspecified atom stereocenters. The Kier molecular flexibility index (Phi) is 4.85. The Labute approximate surface area is 129 Å². The molecule has 1 heterocycles. The molecule has 1 N–H and O–H groups in total. The Morgan fingerprint density at radius 1 is 1.40 bits per heavy atom. The van der Waals surface area contributed by atoms with Gasteiger partial charge in [-0.25, -0.2) is 0 Å². The Morgan fingerprint density at radius 3 is 2.95 bits per heavy atom. The van der Waals surface area contributed by atoms with Gasteiger partial charge in [-0.1, -0.05) is 23.2 Å². The van der Waals surface area contributed by atoms with Crippen molar-refractivity contribution in [3.8, 4) is 11.8 Å². The van der Waals surface area contributed by atoms with Crippen LogP contribution in [0.25, 0.3) is 0 Å². The van der Waals surface area contributed by atoms with Crippen molar-refractivity contribution >= 4 is 45.4 Å². The van der Waals surface area contributed by atoms with Crippen LogP contribution in [-0.2, 0) is 4.79 Å². The molecule has 102 valence electrons. The first kappa shape index (κ1) is 14.7. The molecule has 0 aliphatic carbocycles. The first-order chi connectivity index (χ1) is 9.60. The van der Waals surface area contributed by atoms with Crippen LogP contribution >= 0.6 is 34.5 Å². The molecule has 1 aromatic heterocycles. The summed E-state index contributed by atoms with van der Waals surface area (Å²) in [5, 5.41) is 14.5. The SMILES string of the molecule is N#Cc1ccsc1NC(=O)COc1cc(Cl)ccc1Cl. The lowest BCUT2D eigenvalue weighted by Crippen LogP contribution is -2.20. The van der Waals surface area contributed by atoms with E-state index in [2.05, 4.69) is 5.32 Å². The number of hydrogen-bond donors (Lipinski definition) is 1. The lowest BCUT2D eigenvalue weighted by atomic mass is 10.3. The van der Waals surface area contributed by atoms with Crippen molar-refractivity contribution < 1.29 is 9.53 Å². The van der Waals surface area contributed by atoms with Crippen LogP contribution in [0.2, 0.25) is 10.0 Å². The quantitative estimate of drug-likeness (QED) is 0.925. The van der Waals surface area contributed by atoms with E-state index in [0.717, 1.165) is 0 Å². The molecule has 0 atom stereocenters. The maximum Gasteiger partial charge on any atom is 0.262 e. The van der Waals surface area contributed by atoms with Crippen molar-refractivity contribution in [3.05, 3.63) is 45.3 Å². The summed E-state index contributed by atoms with van der Waals surface area (Å²) in [4.78, 5) is 11.7. The predicted molar refractivity (Wildman–Crippen MR) is 79.6 cm³/mol. The van der Waals surface area contributed by atoms with Crippen LogP contribution in [0.3, 0.4) is 0 Å². The maximum absolute atomic E-state index is 11.7. The second kappa shape index (κ2) is 6.62. The summed E-state index contributed by atoms with van der Waals surface area (Å²) in [5.41, 5.74) is 0.420. The lowest BCUT2D eigenvalue weighted by molar-refractivity contribution is -0.118. The number of benzene rings is 1. The Bertz CT molecular complexity index is 679. The molecule has 0 radical (unpaired) electrons. The van der Waals surface area contributed by atoms with E-state index < -0.39 is 0 Å². The summed E-state index contributed by atoms with van der Waals surface area (Å²) >= 11 is 13.0. The zero-order chi connectivity index (χ0) is 14.5. The highest BCUT2D eigenvalue weighted by Gasteiger charge is 2.10. The van der Waals surface area contributed by atoms with Gasteiger partial charge >= 0.3 is 0 Å². The molecular weight excluding hydrogens is 319 g/mol. The van der Waals surface area contributed by atoms with Crippen LogP contribution in [0.5, 0.6) is 5.75 Å². The van der Waals surface area contributed by atoms with Gasteiger partial charge in [-0.3, -0.25) is 4.79 Å². The third kappa shape index (κ3) is 3.64. The van der Waals surface area contributed by atoms with E-state index in [0.29, 0.717) is 26.4 Å². The first-order valence-corrected chi connectivity index (χ1v) is 7.09. The molecule has 0 spiro atoms. The summed E-state index contributed by atoms with van der Waals surface area (Å²) in [6.07, 6.45) is 0. The number of hydrogen-bond acceptors (Lipinski definition) is 4. The summed E-state index contributed by atoms with van der Waals surface area (Å²) < 4.78 is 5.29. The minimum Gasteiger partial charge on any atom is -0.482 e. The van der Waals surface area contributed by atoms with Gasteiger partial charge in [-0.05, 0) is 23.6 Å².